The first-order chi connectivity index (χ1) is 10.1. The van der Waals surface area contributed by atoms with Crippen molar-refractivity contribution in [2.75, 3.05) is 29.9 Å². The molecule has 116 valence electrons. The Balaban J connectivity index is 2.07. The van der Waals surface area contributed by atoms with Gasteiger partial charge >= 0.3 is 0 Å². The molecule has 2 heterocycles. The molecule has 0 aromatic carbocycles. The molecule has 6 heteroatoms. The van der Waals surface area contributed by atoms with Crippen molar-refractivity contribution in [1.29, 1.82) is 0 Å². The van der Waals surface area contributed by atoms with Crippen LogP contribution in [0.5, 0.6) is 0 Å². The molecule has 1 unspecified atom stereocenters. The maximum Gasteiger partial charge on any atom is 0.231 e. The Morgan fingerprint density at radius 3 is 3.00 bits per heavy atom. The van der Waals surface area contributed by atoms with Crippen LogP contribution in [0.4, 0.5) is 11.8 Å². The maximum absolute atomic E-state index is 5.25. The van der Waals surface area contributed by atoms with Crippen LogP contribution < -0.4 is 15.5 Å². The van der Waals surface area contributed by atoms with Gasteiger partial charge in [0.15, 0.2) is 5.11 Å². The van der Waals surface area contributed by atoms with Crippen molar-refractivity contribution in [3.05, 3.63) is 11.8 Å². The molecule has 0 radical (unpaired) electrons. The van der Waals surface area contributed by atoms with E-state index >= 15 is 0 Å². The van der Waals surface area contributed by atoms with Gasteiger partial charge < -0.3 is 15.5 Å². The highest BCUT2D eigenvalue weighted by molar-refractivity contribution is 7.80. The SMILES string of the molecule is CCCNC(=S)Nc1nc(C)cc(N2CCCC(C)C2)n1. The summed E-state index contributed by atoms with van der Waals surface area (Å²) < 4.78 is 0. The third-order valence-corrected chi connectivity index (χ3v) is 3.83. The van der Waals surface area contributed by atoms with Crippen LogP contribution in [0, 0.1) is 12.8 Å². The molecule has 21 heavy (non-hydrogen) atoms. The van der Waals surface area contributed by atoms with Gasteiger partial charge in [0.2, 0.25) is 5.95 Å². The summed E-state index contributed by atoms with van der Waals surface area (Å²) in [6.07, 6.45) is 3.56. The van der Waals surface area contributed by atoms with E-state index in [1.165, 1.54) is 12.8 Å². The third kappa shape index (κ3) is 4.81. The summed E-state index contributed by atoms with van der Waals surface area (Å²) in [5.41, 5.74) is 0.957. The highest BCUT2D eigenvalue weighted by atomic mass is 32.1. The smallest absolute Gasteiger partial charge is 0.231 e. The first-order valence-electron chi connectivity index (χ1n) is 7.74. The highest BCUT2D eigenvalue weighted by Crippen LogP contribution is 2.22. The molecule has 0 bridgehead atoms. The molecule has 0 saturated carbocycles. The van der Waals surface area contributed by atoms with Crippen LogP contribution in [0.15, 0.2) is 6.07 Å². The van der Waals surface area contributed by atoms with Crippen LogP contribution >= 0.6 is 12.2 Å². The monoisotopic (exact) mass is 307 g/mol. The minimum absolute atomic E-state index is 0.580. The fourth-order valence-corrected chi connectivity index (χ4v) is 2.74. The Labute approximate surface area is 132 Å². The summed E-state index contributed by atoms with van der Waals surface area (Å²) in [6.45, 7) is 9.38. The fourth-order valence-electron chi connectivity index (χ4n) is 2.55. The van der Waals surface area contributed by atoms with Gasteiger partial charge in [-0.2, -0.15) is 4.98 Å². The minimum atomic E-state index is 0.580. The number of nitrogens with zero attached hydrogens (tertiary/aromatic N) is 3. The third-order valence-electron chi connectivity index (χ3n) is 3.58. The molecule has 1 aromatic rings. The van der Waals surface area contributed by atoms with E-state index in [4.69, 9.17) is 12.2 Å². The molecule has 0 amide bonds. The number of rotatable bonds is 4. The van der Waals surface area contributed by atoms with Crippen molar-refractivity contribution in [2.24, 2.45) is 5.92 Å². The Bertz CT molecular complexity index is 491. The lowest BCUT2D eigenvalue weighted by Crippen LogP contribution is -2.35. The van der Waals surface area contributed by atoms with Gasteiger partial charge in [0.25, 0.3) is 0 Å². The predicted molar refractivity (Wildman–Crippen MR) is 91.9 cm³/mol. The molecule has 1 fully saturated rings. The molecular weight excluding hydrogens is 282 g/mol. The number of aromatic nitrogens is 2. The Morgan fingerprint density at radius 1 is 1.48 bits per heavy atom. The number of thiocarbonyl (C=S) groups is 1. The lowest BCUT2D eigenvalue weighted by Gasteiger charge is -2.32. The molecule has 1 aliphatic rings. The number of nitrogens with one attached hydrogen (secondary N) is 2. The van der Waals surface area contributed by atoms with E-state index in [1.807, 2.05) is 13.0 Å². The quantitative estimate of drug-likeness (QED) is 0.834. The normalized spacial score (nSPS) is 18.4. The van der Waals surface area contributed by atoms with Gasteiger partial charge in [-0.25, -0.2) is 4.98 Å². The molecule has 1 aliphatic heterocycles. The first-order valence-corrected chi connectivity index (χ1v) is 8.14. The van der Waals surface area contributed by atoms with E-state index in [2.05, 4.69) is 39.3 Å². The molecule has 1 saturated heterocycles. The zero-order chi connectivity index (χ0) is 15.2. The van der Waals surface area contributed by atoms with Crippen molar-refractivity contribution < 1.29 is 0 Å². The van der Waals surface area contributed by atoms with E-state index in [1.54, 1.807) is 0 Å². The van der Waals surface area contributed by atoms with Crippen LogP contribution in [0.3, 0.4) is 0 Å². The summed E-state index contributed by atoms with van der Waals surface area (Å²) in [5, 5.41) is 6.80. The summed E-state index contributed by atoms with van der Waals surface area (Å²) >= 11 is 5.25. The van der Waals surface area contributed by atoms with Gasteiger partial charge in [0.05, 0.1) is 0 Å². The zero-order valence-electron chi connectivity index (χ0n) is 13.1. The molecule has 1 aromatic heterocycles. The fraction of sp³-hybridized carbons (Fsp3) is 0.667. The molecule has 5 nitrogen and oxygen atoms in total. The standard InChI is InChI=1S/C15H25N5S/c1-4-7-16-15(21)19-14-17-12(3)9-13(18-14)20-8-5-6-11(2)10-20/h9,11H,4-8,10H2,1-3H3,(H2,16,17,18,19,21). The Hall–Kier alpha value is -1.43. The van der Waals surface area contributed by atoms with Crippen LogP contribution in [-0.4, -0.2) is 34.7 Å². The van der Waals surface area contributed by atoms with Crippen molar-refractivity contribution in [2.45, 2.75) is 40.0 Å². The van der Waals surface area contributed by atoms with Gasteiger partial charge in [0.1, 0.15) is 5.82 Å². The average molecular weight is 307 g/mol. The number of piperidine rings is 1. The topological polar surface area (TPSA) is 53.1 Å². The Morgan fingerprint density at radius 2 is 2.29 bits per heavy atom. The molecular formula is C15H25N5S. The second-order valence-electron chi connectivity index (χ2n) is 5.77. The minimum Gasteiger partial charge on any atom is -0.362 e. The van der Waals surface area contributed by atoms with Gasteiger partial charge in [0, 0.05) is 31.4 Å². The molecule has 1 atom stereocenters. The second kappa shape index (κ2) is 7.54. The zero-order valence-corrected chi connectivity index (χ0v) is 14.0. The largest absolute Gasteiger partial charge is 0.362 e. The molecule has 0 aliphatic carbocycles. The lowest BCUT2D eigenvalue weighted by atomic mass is 10.0. The van der Waals surface area contributed by atoms with Gasteiger partial charge in [-0.05, 0) is 44.3 Å². The van der Waals surface area contributed by atoms with Crippen molar-refractivity contribution in [1.82, 2.24) is 15.3 Å². The molecule has 2 rings (SSSR count). The predicted octanol–water partition coefficient (Wildman–Crippen LogP) is 2.72. The van der Waals surface area contributed by atoms with Gasteiger partial charge in [-0.3, -0.25) is 0 Å². The number of hydrogen-bond acceptors (Lipinski definition) is 4. The van der Waals surface area contributed by atoms with Crippen molar-refractivity contribution in [3.8, 4) is 0 Å². The summed E-state index contributed by atoms with van der Waals surface area (Å²) in [6, 6.07) is 2.05. The lowest BCUT2D eigenvalue weighted by molar-refractivity contribution is 0.444. The summed E-state index contributed by atoms with van der Waals surface area (Å²) in [4.78, 5) is 11.4. The molecule has 2 N–H and O–H groups in total. The van der Waals surface area contributed by atoms with Crippen LogP contribution in [0.25, 0.3) is 0 Å². The second-order valence-corrected chi connectivity index (χ2v) is 6.17. The molecule has 0 spiro atoms. The summed E-state index contributed by atoms with van der Waals surface area (Å²) in [5.74, 6) is 2.30. The Kier molecular flexibility index (Phi) is 5.73. The number of aryl methyl sites for hydroxylation is 1. The first kappa shape index (κ1) is 15.9. The van der Waals surface area contributed by atoms with Crippen LogP contribution in [-0.2, 0) is 0 Å². The van der Waals surface area contributed by atoms with Crippen LogP contribution in [0.2, 0.25) is 0 Å². The summed E-state index contributed by atoms with van der Waals surface area (Å²) in [7, 11) is 0. The average Bonchev–Trinajstić information content (AvgIpc) is 2.44. The van der Waals surface area contributed by atoms with E-state index < -0.39 is 0 Å². The van der Waals surface area contributed by atoms with E-state index in [-0.39, 0.29) is 0 Å². The van der Waals surface area contributed by atoms with Crippen LogP contribution in [0.1, 0.15) is 38.8 Å². The van der Waals surface area contributed by atoms with E-state index in [0.717, 1.165) is 43.5 Å². The number of hydrogen-bond donors (Lipinski definition) is 2. The highest BCUT2D eigenvalue weighted by Gasteiger charge is 2.18. The van der Waals surface area contributed by atoms with Gasteiger partial charge in [-0.15, -0.1) is 0 Å². The van der Waals surface area contributed by atoms with E-state index in [9.17, 15) is 0 Å². The van der Waals surface area contributed by atoms with Gasteiger partial charge in [-0.1, -0.05) is 13.8 Å². The van der Waals surface area contributed by atoms with Crippen molar-refractivity contribution >= 4 is 29.1 Å². The maximum atomic E-state index is 5.25. The van der Waals surface area contributed by atoms with Crippen molar-refractivity contribution in [3.63, 3.8) is 0 Å². The number of anilines is 2. The van der Waals surface area contributed by atoms with E-state index in [0.29, 0.717) is 11.1 Å².